The van der Waals surface area contributed by atoms with Gasteiger partial charge < -0.3 is 5.11 Å². The highest BCUT2D eigenvalue weighted by Crippen LogP contribution is 2.30. The molecule has 0 fully saturated rings. The molecule has 3 aromatic rings. The normalized spacial score (nSPS) is 11.8. The minimum atomic E-state index is -0.930. The zero-order valence-electron chi connectivity index (χ0n) is 16.4. The minimum Gasteiger partial charge on any atom is -0.481 e. The van der Waals surface area contributed by atoms with E-state index in [1.54, 1.807) is 24.3 Å². The van der Waals surface area contributed by atoms with Gasteiger partial charge in [-0.25, -0.2) is 0 Å². The third kappa shape index (κ3) is 5.94. The maximum atomic E-state index is 12.6. The highest BCUT2D eigenvalue weighted by atomic mass is 35.5. The molecule has 1 unspecified atom stereocenters. The van der Waals surface area contributed by atoms with Crippen molar-refractivity contribution in [3.8, 4) is 11.1 Å². The van der Waals surface area contributed by atoms with E-state index < -0.39 is 11.9 Å². The molecule has 3 rings (SSSR count). The Kier molecular flexibility index (Phi) is 7.67. The number of hydrogen-bond acceptors (Lipinski definition) is 2. The van der Waals surface area contributed by atoms with Crippen LogP contribution in [0.25, 0.3) is 11.1 Å². The number of Topliss-reactive ketones (excluding diaryl/α,β-unsaturated/α-hetero) is 1. The summed E-state index contributed by atoms with van der Waals surface area (Å²) in [4.78, 5) is 24.3. The number of aryl methyl sites for hydroxylation is 1. The standard InChI is InChI=1S/C25H22Cl2O3/c26-21-13-14-22(23(27)16-21)18-9-11-19(12-10-18)24(28)15-20(25(29)30)8-4-7-17-5-2-1-3-6-17/h1-3,5-6,9-14,16,20H,4,7-8,15H2,(H,29,30). The van der Waals surface area contributed by atoms with Crippen molar-refractivity contribution in [2.24, 2.45) is 5.92 Å². The number of hydrogen-bond donors (Lipinski definition) is 1. The van der Waals surface area contributed by atoms with E-state index in [1.165, 1.54) is 5.56 Å². The van der Waals surface area contributed by atoms with Gasteiger partial charge in [-0.3, -0.25) is 9.59 Å². The monoisotopic (exact) mass is 440 g/mol. The van der Waals surface area contributed by atoms with E-state index in [4.69, 9.17) is 23.2 Å². The summed E-state index contributed by atoms with van der Waals surface area (Å²) in [5.41, 5.74) is 3.36. The molecule has 154 valence electrons. The fourth-order valence-electron chi connectivity index (χ4n) is 3.41. The topological polar surface area (TPSA) is 54.4 Å². The molecule has 30 heavy (non-hydrogen) atoms. The molecular formula is C25H22Cl2O3. The molecule has 0 saturated carbocycles. The Hall–Kier alpha value is -2.62. The summed E-state index contributed by atoms with van der Waals surface area (Å²) in [6.45, 7) is 0. The van der Waals surface area contributed by atoms with Crippen molar-refractivity contribution in [1.82, 2.24) is 0 Å². The number of carboxylic acid groups (broad SMARTS) is 1. The maximum Gasteiger partial charge on any atom is 0.306 e. The van der Waals surface area contributed by atoms with Crippen LogP contribution in [0.3, 0.4) is 0 Å². The molecule has 0 spiro atoms. The number of ketones is 1. The Morgan fingerprint density at radius 1 is 0.900 bits per heavy atom. The first-order valence-corrected chi connectivity index (χ1v) is 10.5. The summed E-state index contributed by atoms with van der Waals surface area (Å²) in [6, 6.07) is 22.2. The Morgan fingerprint density at radius 2 is 1.60 bits per heavy atom. The van der Waals surface area contributed by atoms with E-state index in [0.717, 1.165) is 24.0 Å². The van der Waals surface area contributed by atoms with Gasteiger partial charge in [0.25, 0.3) is 0 Å². The number of halogens is 2. The molecule has 1 atom stereocenters. The second kappa shape index (κ2) is 10.4. The van der Waals surface area contributed by atoms with Gasteiger partial charge in [-0.2, -0.15) is 0 Å². The van der Waals surface area contributed by atoms with Crippen LogP contribution in [-0.2, 0) is 11.2 Å². The highest BCUT2D eigenvalue weighted by molar-refractivity contribution is 6.36. The summed E-state index contributed by atoms with van der Waals surface area (Å²) in [6.07, 6.45) is 1.98. The SMILES string of the molecule is O=C(CC(CCCc1ccccc1)C(=O)O)c1ccc(-c2ccc(Cl)cc2Cl)cc1. The third-order valence-corrected chi connectivity index (χ3v) is 5.64. The third-order valence-electron chi connectivity index (χ3n) is 5.09. The van der Waals surface area contributed by atoms with Crippen LogP contribution in [0, 0.1) is 5.92 Å². The molecule has 0 aliphatic carbocycles. The van der Waals surface area contributed by atoms with E-state index in [2.05, 4.69) is 0 Å². The lowest BCUT2D eigenvalue weighted by molar-refractivity contribution is -0.141. The predicted octanol–water partition coefficient (Wildman–Crippen LogP) is 6.96. The number of carboxylic acids is 1. The van der Waals surface area contributed by atoms with E-state index in [0.29, 0.717) is 22.0 Å². The van der Waals surface area contributed by atoms with Crippen LogP contribution in [0.1, 0.15) is 35.2 Å². The fourth-order valence-corrected chi connectivity index (χ4v) is 3.93. The first kappa shape index (κ1) is 22.1. The van der Waals surface area contributed by atoms with E-state index in [1.807, 2.05) is 48.5 Å². The molecule has 0 saturated heterocycles. The lowest BCUT2D eigenvalue weighted by Crippen LogP contribution is -2.18. The lowest BCUT2D eigenvalue weighted by Gasteiger charge is -2.12. The van der Waals surface area contributed by atoms with Crippen LogP contribution < -0.4 is 0 Å². The summed E-state index contributed by atoms with van der Waals surface area (Å²) < 4.78 is 0. The van der Waals surface area contributed by atoms with Crippen molar-refractivity contribution in [3.05, 3.63) is 94.0 Å². The van der Waals surface area contributed by atoms with Crippen LogP contribution >= 0.6 is 23.2 Å². The average molecular weight is 441 g/mol. The molecule has 0 aliphatic heterocycles. The number of carbonyl (C=O) groups is 2. The van der Waals surface area contributed by atoms with Crippen LogP contribution in [-0.4, -0.2) is 16.9 Å². The van der Waals surface area contributed by atoms with Crippen LogP contribution in [0.4, 0.5) is 0 Å². The molecule has 0 bridgehead atoms. The van der Waals surface area contributed by atoms with Crippen molar-refractivity contribution in [2.75, 3.05) is 0 Å². The number of rotatable bonds is 9. The van der Waals surface area contributed by atoms with Gasteiger partial charge in [0.05, 0.1) is 5.92 Å². The number of aliphatic carboxylic acids is 1. The van der Waals surface area contributed by atoms with Gasteiger partial charge in [0, 0.05) is 27.6 Å². The van der Waals surface area contributed by atoms with Crippen molar-refractivity contribution in [1.29, 1.82) is 0 Å². The first-order valence-electron chi connectivity index (χ1n) is 9.79. The largest absolute Gasteiger partial charge is 0.481 e. The van der Waals surface area contributed by atoms with Crippen LogP contribution in [0.2, 0.25) is 10.0 Å². The molecule has 5 heteroatoms. The van der Waals surface area contributed by atoms with Crippen molar-refractivity contribution in [2.45, 2.75) is 25.7 Å². The van der Waals surface area contributed by atoms with Crippen LogP contribution in [0.5, 0.6) is 0 Å². The van der Waals surface area contributed by atoms with Gasteiger partial charge in [-0.15, -0.1) is 0 Å². The predicted molar refractivity (Wildman–Crippen MR) is 121 cm³/mol. The fraction of sp³-hybridized carbons (Fsp3) is 0.200. The number of carbonyl (C=O) groups excluding carboxylic acids is 1. The summed E-state index contributed by atoms with van der Waals surface area (Å²) >= 11 is 12.2. The van der Waals surface area contributed by atoms with Gasteiger partial charge in [0.15, 0.2) is 5.78 Å². The van der Waals surface area contributed by atoms with Gasteiger partial charge in [-0.1, -0.05) is 83.9 Å². The second-order valence-electron chi connectivity index (χ2n) is 7.24. The van der Waals surface area contributed by atoms with Gasteiger partial charge in [-0.05, 0) is 42.5 Å². The van der Waals surface area contributed by atoms with Gasteiger partial charge in [0.1, 0.15) is 0 Å². The highest BCUT2D eigenvalue weighted by Gasteiger charge is 2.22. The van der Waals surface area contributed by atoms with Gasteiger partial charge >= 0.3 is 5.97 Å². The molecule has 0 aromatic heterocycles. The van der Waals surface area contributed by atoms with Crippen molar-refractivity contribution >= 4 is 35.0 Å². The zero-order valence-corrected chi connectivity index (χ0v) is 17.9. The molecule has 3 nitrogen and oxygen atoms in total. The first-order chi connectivity index (χ1) is 14.4. The van der Waals surface area contributed by atoms with Gasteiger partial charge in [0.2, 0.25) is 0 Å². The van der Waals surface area contributed by atoms with Crippen LogP contribution in [0.15, 0.2) is 72.8 Å². The van der Waals surface area contributed by atoms with E-state index >= 15 is 0 Å². The quantitative estimate of drug-likeness (QED) is 0.365. The Bertz CT molecular complexity index is 1010. The molecule has 0 aliphatic rings. The molecule has 0 heterocycles. The zero-order chi connectivity index (χ0) is 21.5. The Morgan fingerprint density at radius 3 is 2.23 bits per heavy atom. The van der Waals surface area contributed by atoms with E-state index in [-0.39, 0.29) is 12.2 Å². The summed E-state index contributed by atoms with van der Waals surface area (Å²) in [7, 11) is 0. The number of benzene rings is 3. The summed E-state index contributed by atoms with van der Waals surface area (Å²) in [5, 5.41) is 10.6. The Labute approximate surface area is 186 Å². The lowest BCUT2D eigenvalue weighted by atomic mass is 9.92. The molecule has 0 amide bonds. The Balaban J connectivity index is 1.62. The minimum absolute atomic E-state index is 0.00876. The second-order valence-corrected chi connectivity index (χ2v) is 8.09. The average Bonchev–Trinajstić information content (AvgIpc) is 2.74. The smallest absolute Gasteiger partial charge is 0.306 e. The molecule has 0 radical (unpaired) electrons. The molecular weight excluding hydrogens is 419 g/mol. The molecule has 3 aromatic carbocycles. The summed E-state index contributed by atoms with van der Waals surface area (Å²) in [5.74, 6) is -1.79. The molecule has 1 N–H and O–H groups in total. The van der Waals surface area contributed by atoms with E-state index in [9.17, 15) is 14.7 Å². The maximum absolute atomic E-state index is 12.6. The van der Waals surface area contributed by atoms with Crippen molar-refractivity contribution < 1.29 is 14.7 Å². The van der Waals surface area contributed by atoms with Crippen molar-refractivity contribution in [3.63, 3.8) is 0 Å².